The number of hydrogen-bond donors (Lipinski definition) is 0. The molecule has 1 aliphatic heterocycles. The zero-order chi connectivity index (χ0) is 8.27. The first-order chi connectivity index (χ1) is 5.29. The highest BCUT2D eigenvalue weighted by molar-refractivity contribution is 14.1. The van der Waals surface area contributed by atoms with Gasteiger partial charge in [-0.15, -0.1) is 0 Å². The van der Waals surface area contributed by atoms with Gasteiger partial charge in [-0.25, -0.2) is 0 Å². The van der Waals surface area contributed by atoms with Gasteiger partial charge < -0.3 is 4.90 Å². The number of alkyl halides is 1. The van der Waals surface area contributed by atoms with Crippen molar-refractivity contribution in [2.75, 3.05) is 17.2 Å². The number of amides is 1. The summed E-state index contributed by atoms with van der Waals surface area (Å²) in [6.07, 6.45) is 4.22. The first kappa shape index (κ1) is 9.64. The molecule has 1 rings (SSSR count). The van der Waals surface area contributed by atoms with E-state index < -0.39 is 0 Å². The second-order valence-corrected chi connectivity index (χ2v) is 4.25. The summed E-state index contributed by atoms with van der Waals surface area (Å²) in [6, 6.07) is 0.510. The maximum absolute atomic E-state index is 11.3. The summed E-state index contributed by atoms with van der Waals surface area (Å²) in [5.74, 6) is 0. The molecular weight excluding hydrogens is 273 g/mol. The van der Waals surface area contributed by atoms with E-state index in [0.717, 1.165) is 11.0 Å². The Morgan fingerprint density at radius 3 is 3.09 bits per heavy atom. The Kier molecular flexibility index (Phi) is 3.98. The van der Waals surface area contributed by atoms with Crippen molar-refractivity contribution in [2.24, 2.45) is 0 Å². The van der Waals surface area contributed by atoms with Crippen molar-refractivity contribution in [1.29, 1.82) is 0 Å². The lowest BCUT2D eigenvalue weighted by Crippen LogP contribution is -2.33. The molecule has 2 nitrogen and oxygen atoms in total. The normalized spacial score (nSPS) is 24.2. The van der Waals surface area contributed by atoms with Crippen LogP contribution in [0.2, 0.25) is 0 Å². The van der Waals surface area contributed by atoms with Gasteiger partial charge in [-0.1, -0.05) is 34.4 Å². The molecule has 11 heavy (non-hydrogen) atoms. The molecule has 4 heteroatoms. The van der Waals surface area contributed by atoms with Crippen molar-refractivity contribution in [3.05, 3.63) is 0 Å². The third-order valence-electron chi connectivity index (χ3n) is 1.96. The van der Waals surface area contributed by atoms with Crippen LogP contribution in [0.3, 0.4) is 0 Å². The predicted molar refractivity (Wildman–Crippen MR) is 57.5 cm³/mol. The van der Waals surface area contributed by atoms with Gasteiger partial charge >= 0.3 is 0 Å². The zero-order valence-corrected chi connectivity index (χ0v) is 9.52. The molecule has 0 N–H and O–H groups in total. The van der Waals surface area contributed by atoms with Crippen molar-refractivity contribution < 1.29 is 4.79 Å². The lowest BCUT2D eigenvalue weighted by molar-refractivity contribution is 0.223. The van der Waals surface area contributed by atoms with E-state index in [1.54, 1.807) is 0 Å². The van der Waals surface area contributed by atoms with Gasteiger partial charge in [0.25, 0.3) is 5.24 Å². The second kappa shape index (κ2) is 4.54. The van der Waals surface area contributed by atoms with E-state index in [0.29, 0.717) is 6.04 Å². The molecule has 0 bridgehead atoms. The highest BCUT2D eigenvalue weighted by Gasteiger charge is 2.26. The van der Waals surface area contributed by atoms with Crippen LogP contribution in [-0.4, -0.2) is 33.4 Å². The number of hydrogen-bond acceptors (Lipinski definition) is 2. The van der Waals surface area contributed by atoms with Gasteiger partial charge in [0.1, 0.15) is 0 Å². The summed E-state index contributed by atoms with van der Waals surface area (Å²) >= 11 is 3.68. The van der Waals surface area contributed by atoms with Gasteiger partial charge in [0.05, 0.1) is 0 Å². The summed E-state index contributed by atoms with van der Waals surface area (Å²) in [6.45, 7) is 0.966. The second-order valence-electron chi connectivity index (χ2n) is 2.61. The van der Waals surface area contributed by atoms with E-state index in [1.165, 1.54) is 24.6 Å². The molecule has 0 aromatic rings. The molecular formula is C7H12INOS. The minimum atomic E-state index is 0.240. The lowest BCUT2D eigenvalue weighted by Gasteiger charge is -2.21. The van der Waals surface area contributed by atoms with Crippen molar-refractivity contribution in [3.63, 3.8) is 0 Å². The molecule has 0 spiro atoms. The summed E-state index contributed by atoms with van der Waals surface area (Å²) in [7, 11) is 0. The monoisotopic (exact) mass is 285 g/mol. The maximum atomic E-state index is 11.3. The highest BCUT2D eigenvalue weighted by Crippen LogP contribution is 2.22. The SMILES string of the molecule is CSC(=O)N1CCCC1CI. The van der Waals surface area contributed by atoms with Crippen LogP contribution in [0.4, 0.5) is 4.79 Å². The Labute approximate surface area is 85.2 Å². The van der Waals surface area contributed by atoms with E-state index >= 15 is 0 Å². The van der Waals surface area contributed by atoms with Gasteiger partial charge in [-0.3, -0.25) is 4.79 Å². The Morgan fingerprint density at radius 1 is 1.82 bits per heavy atom. The van der Waals surface area contributed by atoms with Gasteiger partial charge in [0, 0.05) is 17.0 Å². The van der Waals surface area contributed by atoms with Crippen molar-refractivity contribution >= 4 is 39.6 Å². The third kappa shape index (κ3) is 2.24. The number of carbonyl (C=O) groups is 1. The largest absolute Gasteiger partial charge is 0.330 e. The van der Waals surface area contributed by atoms with Crippen molar-refractivity contribution in [1.82, 2.24) is 4.90 Å². The topological polar surface area (TPSA) is 20.3 Å². The molecule has 1 atom stereocenters. The average Bonchev–Trinajstić information content (AvgIpc) is 2.50. The van der Waals surface area contributed by atoms with Crippen molar-refractivity contribution in [3.8, 4) is 0 Å². The first-order valence-corrected chi connectivity index (χ1v) is 6.45. The smallest absolute Gasteiger partial charge is 0.281 e. The fraction of sp³-hybridized carbons (Fsp3) is 0.857. The van der Waals surface area contributed by atoms with Crippen LogP contribution in [-0.2, 0) is 0 Å². The Hall–Kier alpha value is 0.550. The number of thioether (sulfide) groups is 1. The third-order valence-corrected chi connectivity index (χ3v) is 3.56. The quantitative estimate of drug-likeness (QED) is 0.544. The standard InChI is InChI=1S/C7H12INOS/c1-11-7(10)9-4-2-3-6(9)5-8/h6H,2-5H2,1H3. The Morgan fingerprint density at radius 2 is 2.55 bits per heavy atom. The lowest BCUT2D eigenvalue weighted by atomic mass is 10.2. The predicted octanol–water partition coefficient (Wildman–Crippen LogP) is 2.37. The van der Waals surface area contributed by atoms with Gasteiger partial charge in [0.2, 0.25) is 0 Å². The van der Waals surface area contributed by atoms with Crippen LogP contribution in [0.15, 0.2) is 0 Å². The van der Waals surface area contributed by atoms with E-state index in [2.05, 4.69) is 22.6 Å². The highest BCUT2D eigenvalue weighted by atomic mass is 127. The van der Waals surface area contributed by atoms with E-state index in [9.17, 15) is 4.79 Å². The summed E-state index contributed by atoms with van der Waals surface area (Å²) in [5, 5.41) is 0.240. The van der Waals surface area contributed by atoms with E-state index in [-0.39, 0.29) is 5.24 Å². The van der Waals surface area contributed by atoms with Crippen LogP contribution in [0.5, 0.6) is 0 Å². The summed E-state index contributed by atoms with van der Waals surface area (Å²) in [4.78, 5) is 13.3. The van der Waals surface area contributed by atoms with Crippen molar-refractivity contribution in [2.45, 2.75) is 18.9 Å². The molecule has 1 fully saturated rings. The fourth-order valence-electron chi connectivity index (χ4n) is 1.35. The molecule has 0 aliphatic carbocycles. The average molecular weight is 285 g/mol. The van der Waals surface area contributed by atoms with Crippen LogP contribution in [0.25, 0.3) is 0 Å². The zero-order valence-electron chi connectivity index (χ0n) is 6.55. The molecule has 0 aromatic carbocycles. The molecule has 64 valence electrons. The molecule has 1 aliphatic rings. The van der Waals surface area contributed by atoms with Crippen LogP contribution >= 0.6 is 34.4 Å². The maximum Gasteiger partial charge on any atom is 0.281 e. The molecule has 0 radical (unpaired) electrons. The fourth-order valence-corrected chi connectivity index (χ4v) is 2.74. The van der Waals surface area contributed by atoms with Gasteiger partial charge in [-0.2, -0.15) is 0 Å². The Balaban J connectivity index is 2.49. The minimum Gasteiger partial charge on any atom is -0.330 e. The molecule has 1 saturated heterocycles. The van der Waals surface area contributed by atoms with Crippen LogP contribution < -0.4 is 0 Å². The van der Waals surface area contributed by atoms with Gasteiger partial charge in [0.15, 0.2) is 0 Å². The minimum absolute atomic E-state index is 0.240. The Bertz CT molecular complexity index is 153. The number of likely N-dealkylation sites (tertiary alicyclic amines) is 1. The van der Waals surface area contributed by atoms with E-state index in [1.807, 2.05) is 11.2 Å². The first-order valence-electron chi connectivity index (χ1n) is 3.70. The summed E-state index contributed by atoms with van der Waals surface area (Å²) < 4.78 is 1.07. The molecule has 0 aromatic heterocycles. The molecule has 1 unspecified atom stereocenters. The number of rotatable bonds is 1. The van der Waals surface area contributed by atoms with Crippen LogP contribution in [0, 0.1) is 0 Å². The number of halogens is 1. The van der Waals surface area contributed by atoms with Gasteiger partial charge in [-0.05, 0) is 19.1 Å². The molecule has 0 saturated carbocycles. The molecule has 1 amide bonds. The number of carbonyl (C=O) groups excluding carboxylic acids is 1. The summed E-state index contributed by atoms with van der Waals surface area (Å²) in [5.41, 5.74) is 0. The van der Waals surface area contributed by atoms with Crippen LogP contribution in [0.1, 0.15) is 12.8 Å². The number of nitrogens with zero attached hydrogens (tertiary/aromatic N) is 1. The molecule has 1 heterocycles. The van der Waals surface area contributed by atoms with E-state index in [4.69, 9.17) is 0 Å².